The van der Waals surface area contributed by atoms with E-state index in [-0.39, 0.29) is 49.6 Å². The second-order valence-corrected chi connectivity index (χ2v) is 9.58. The van der Waals surface area contributed by atoms with E-state index in [0.29, 0.717) is 37.2 Å². The number of ether oxygens (including phenoxy) is 2. The van der Waals surface area contributed by atoms with Gasteiger partial charge in [0.15, 0.2) is 0 Å². The highest BCUT2D eigenvalue weighted by Crippen LogP contribution is 2.42. The Kier molecular flexibility index (Phi) is 8.06. The number of likely N-dealkylation sites (tertiary alicyclic amines) is 2. The molecule has 192 valence electrons. The van der Waals surface area contributed by atoms with E-state index in [0.717, 1.165) is 5.56 Å². The minimum atomic E-state index is -1.28. The first-order valence-corrected chi connectivity index (χ1v) is 12.4. The number of piperidine rings is 1. The van der Waals surface area contributed by atoms with Crippen molar-refractivity contribution in [3.05, 3.63) is 65.7 Å². The number of aliphatic hydroxyl groups excluding tert-OH is 1. The topological polar surface area (TPSA) is 96.4 Å². The number of carbonyl (C=O) groups is 3. The van der Waals surface area contributed by atoms with Gasteiger partial charge in [-0.05, 0) is 42.0 Å². The lowest BCUT2D eigenvalue weighted by molar-refractivity contribution is -0.143. The highest BCUT2D eigenvalue weighted by molar-refractivity contribution is 6.10. The van der Waals surface area contributed by atoms with Crippen LogP contribution < -0.4 is 4.74 Å². The van der Waals surface area contributed by atoms with Crippen LogP contribution in [0.4, 0.5) is 0 Å². The summed E-state index contributed by atoms with van der Waals surface area (Å²) in [6.07, 6.45) is 0.592. The van der Waals surface area contributed by atoms with Crippen LogP contribution in [0.2, 0.25) is 0 Å². The average Bonchev–Trinajstić information content (AvgIpc) is 3.16. The first-order chi connectivity index (χ1) is 17.4. The Balaban J connectivity index is 1.51. The van der Waals surface area contributed by atoms with Crippen LogP contribution >= 0.6 is 0 Å². The fraction of sp³-hybridized carbons (Fsp3) is 0.464. The molecular formula is C28H34N2O6. The molecule has 8 heteroatoms. The molecule has 2 aromatic carbocycles. The van der Waals surface area contributed by atoms with Gasteiger partial charge in [-0.15, -0.1) is 0 Å². The average molecular weight is 495 g/mol. The SMILES string of the molecule is COCCN1C(=O)C[C@@](CC(=O)N2CCC([C@@H](O)c3ccccc3)CC2)(c2cccc(OC)c2)C1=O. The van der Waals surface area contributed by atoms with E-state index in [1.54, 1.807) is 29.2 Å². The van der Waals surface area contributed by atoms with Gasteiger partial charge in [0.05, 0.1) is 31.8 Å². The van der Waals surface area contributed by atoms with Crippen LogP contribution in [0.15, 0.2) is 54.6 Å². The van der Waals surface area contributed by atoms with E-state index in [4.69, 9.17) is 9.47 Å². The summed E-state index contributed by atoms with van der Waals surface area (Å²) >= 11 is 0. The molecular weight excluding hydrogens is 460 g/mol. The predicted molar refractivity (Wildman–Crippen MR) is 133 cm³/mol. The molecule has 2 aliphatic rings. The molecule has 3 amide bonds. The first-order valence-electron chi connectivity index (χ1n) is 12.4. The number of amides is 3. The number of carbonyl (C=O) groups excluding carboxylic acids is 3. The summed E-state index contributed by atoms with van der Waals surface area (Å²) in [5, 5.41) is 10.8. The van der Waals surface area contributed by atoms with Crippen LogP contribution in [0, 0.1) is 5.92 Å². The Hall–Kier alpha value is -3.23. The highest BCUT2D eigenvalue weighted by atomic mass is 16.5. The number of methoxy groups -OCH3 is 2. The van der Waals surface area contributed by atoms with Gasteiger partial charge in [0.25, 0.3) is 0 Å². The van der Waals surface area contributed by atoms with Crippen LogP contribution in [0.5, 0.6) is 5.75 Å². The van der Waals surface area contributed by atoms with Crippen LogP contribution in [0.25, 0.3) is 0 Å². The summed E-state index contributed by atoms with van der Waals surface area (Å²) in [6, 6.07) is 16.6. The van der Waals surface area contributed by atoms with Gasteiger partial charge in [0.2, 0.25) is 17.7 Å². The van der Waals surface area contributed by atoms with Crippen molar-refractivity contribution in [2.45, 2.75) is 37.2 Å². The third kappa shape index (κ3) is 5.15. The first kappa shape index (κ1) is 25.9. The third-order valence-corrected chi connectivity index (χ3v) is 7.48. The summed E-state index contributed by atoms with van der Waals surface area (Å²) in [6.45, 7) is 1.38. The van der Waals surface area contributed by atoms with Gasteiger partial charge in [0.1, 0.15) is 5.75 Å². The molecule has 2 aromatic rings. The maximum absolute atomic E-state index is 13.7. The van der Waals surface area contributed by atoms with Gasteiger partial charge >= 0.3 is 0 Å². The van der Waals surface area contributed by atoms with E-state index in [1.807, 2.05) is 30.3 Å². The molecule has 2 heterocycles. The van der Waals surface area contributed by atoms with Crippen molar-refractivity contribution in [1.29, 1.82) is 0 Å². The maximum atomic E-state index is 13.7. The van der Waals surface area contributed by atoms with Gasteiger partial charge < -0.3 is 19.5 Å². The number of hydrogen-bond acceptors (Lipinski definition) is 6. The van der Waals surface area contributed by atoms with Crippen molar-refractivity contribution >= 4 is 17.7 Å². The Morgan fingerprint density at radius 2 is 1.81 bits per heavy atom. The summed E-state index contributed by atoms with van der Waals surface area (Å²) in [5.41, 5.74) is 0.199. The van der Waals surface area contributed by atoms with Crippen molar-refractivity contribution in [3.8, 4) is 5.75 Å². The smallest absolute Gasteiger partial charge is 0.240 e. The van der Waals surface area contributed by atoms with E-state index >= 15 is 0 Å². The molecule has 2 atom stereocenters. The monoisotopic (exact) mass is 494 g/mol. The number of rotatable bonds is 9. The number of aliphatic hydroxyl groups is 1. The number of nitrogens with zero attached hydrogens (tertiary/aromatic N) is 2. The second-order valence-electron chi connectivity index (χ2n) is 9.58. The zero-order valence-corrected chi connectivity index (χ0v) is 20.9. The van der Waals surface area contributed by atoms with Crippen LogP contribution in [-0.2, 0) is 24.5 Å². The molecule has 2 aliphatic heterocycles. The minimum Gasteiger partial charge on any atom is -0.497 e. The van der Waals surface area contributed by atoms with Crippen molar-refractivity contribution in [2.24, 2.45) is 5.92 Å². The van der Waals surface area contributed by atoms with Crippen molar-refractivity contribution in [3.63, 3.8) is 0 Å². The standard InChI is InChI=1S/C28H34N2O6/c1-35-16-15-30-25(32)19-28(27(30)34,22-9-6-10-23(17-22)36-2)18-24(31)29-13-11-21(12-14-29)26(33)20-7-4-3-5-8-20/h3-10,17,21,26,33H,11-16,18-19H2,1-2H3/t26-,28-/m0/s1. The Morgan fingerprint density at radius 1 is 1.08 bits per heavy atom. The largest absolute Gasteiger partial charge is 0.497 e. The van der Waals surface area contributed by atoms with Crippen molar-refractivity contribution in [2.75, 3.05) is 40.5 Å². The number of hydrogen-bond donors (Lipinski definition) is 1. The van der Waals surface area contributed by atoms with Gasteiger partial charge in [-0.2, -0.15) is 0 Å². The minimum absolute atomic E-state index is 0.0584. The lowest BCUT2D eigenvalue weighted by atomic mass is 9.75. The molecule has 0 aromatic heterocycles. The van der Waals surface area contributed by atoms with E-state index < -0.39 is 11.5 Å². The molecule has 0 unspecified atom stereocenters. The lowest BCUT2D eigenvalue weighted by Gasteiger charge is -2.36. The van der Waals surface area contributed by atoms with E-state index in [2.05, 4.69) is 0 Å². The molecule has 8 nitrogen and oxygen atoms in total. The second kappa shape index (κ2) is 11.2. The molecule has 4 rings (SSSR count). The number of imide groups is 1. The Bertz CT molecular complexity index is 1080. The Morgan fingerprint density at radius 3 is 2.47 bits per heavy atom. The highest BCUT2D eigenvalue weighted by Gasteiger charge is 2.54. The summed E-state index contributed by atoms with van der Waals surface area (Å²) in [7, 11) is 3.06. The maximum Gasteiger partial charge on any atom is 0.240 e. The third-order valence-electron chi connectivity index (χ3n) is 7.48. The zero-order chi connectivity index (χ0) is 25.7. The molecule has 0 bridgehead atoms. The predicted octanol–water partition coefficient (Wildman–Crippen LogP) is 2.70. The van der Waals surface area contributed by atoms with Gasteiger partial charge in [-0.25, -0.2) is 0 Å². The van der Waals surface area contributed by atoms with E-state index in [1.165, 1.54) is 19.1 Å². The van der Waals surface area contributed by atoms with Crippen LogP contribution in [0.1, 0.15) is 42.9 Å². The fourth-order valence-electron chi connectivity index (χ4n) is 5.35. The quantitative estimate of drug-likeness (QED) is 0.539. The van der Waals surface area contributed by atoms with Gasteiger partial charge in [-0.1, -0.05) is 42.5 Å². The molecule has 0 saturated carbocycles. The van der Waals surface area contributed by atoms with Gasteiger partial charge in [0, 0.05) is 33.0 Å². The van der Waals surface area contributed by atoms with E-state index in [9.17, 15) is 19.5 Å². The normalized spacial score (nSPS) is 21.6. The van der Waals surface area contributed by atoms with Gasteiger partial charge in [-0.3, -0.25) is 19.3 Å². The van der Waals surface area contributed by atoms with Crippen LogP contribution in [0.3, 0.4) is 0 Å². The molecule has 2 saturated heterocycles. The molecule has 2 fully saturated rings. The fourth-order valence-corrected chi connectivity index (χ4v) is 5.35. The molecule has 36 heavy (non-hydrogen) atoms. The van der Waals surface area contributed by atoms with Crippen molar-refractivity contribution in [1.82, 2.24) is 9.80 Å². The summed E-state index contributed by atoms with van der Waals surface area (Å²) in [5.74, 6) is -0.230. The molecule has 0 spiro atoms. The van der Waals surface area contributed by atoms with Crippen molar-refractivity contribution < 1.29 is 29.0 Å². The lowest BCUT2D eigenvalue weighted by Crippen LogP contribution is -2.46. The molecule has 1 N–H and O–H groups in total. The summed E-state index contributed by atoms with van der Waals surface area (Å²) < 4.78 is 10.4. The molecule has 0 radical (unpaired) electrons. The Labute approximate surface area is 211 Å². The molecule has 0 aliphatic carbocycles. The number of benzene rings is 2. The zero-order valence-electron chi connectivity index (χ0n) is 20.9. The summed E-state index contributed by atoms with van der Waals surface area (Å²) in [4.78, 5) is 43.1. The van der Waals surface area contributed by atoms with Crippen LogP contribution in [-0.4, -0.2) is 73.1 Å².